The first-order valence-corrected chi connectivity index (χ1v) is 7.81. The van der Waals surface area contributed by atoms with Gasteiger partial charge in [0.05, 0.1) is 26.3 Å². The molecule has 0 aromatic heterocycles. The molecule has 0 spiro atoms. The molecule has 4 heteroatoms. The number of nitrogens with zero attached hydrogens (tertiary/aromatic N) is 1. The van der Waals surface area contributed by atoms with Crippen LogP contribution in [0.5, 0.6) is 11.5 Å². The van der Waals surface area contributed by atoms with Gasteiger partial charge in [0.15, 0.2) is 0 Å². The van der Waals surface area contributed by atoms with Gasteiger partial charge >= 0.3 is 0 Å². The molecule has 2 aromatic carbocycles. The van der Waals surface area contributed by atoms with Crippen molar-refractivity contribution in [3.8, 4) is 11.5 Å². The van der Waals surface area contributed by atoms with Crippen molar-refractivity contribution in [1.82, 2.24) is 0 Å². The first-order valence-electron chi connectivity index (χ1n) is 7.81. The number of rotatable bonds is 4. The summed E-state index contributed by atoms with van der Waals surface area (Å²) in [4.78, 5) is 14.6. The van der Waals surface area contributed by atoms with Crippen LogP contribution in [-0.4, -0.2) is 26.7 Å². The molecule has 0 radical (unpaired) electrons. The van der Waals surface area contributed by atoms with Gasteiger partial charge in [-0.2, -0.15) is 0 Å². The van der Waals surface area contributed by atoms with E-state index in [1.165, 1.54) is 5.56 Å². The Morgan fingerprint density at radius 3 is 2.65 bits per heavy atom. The Morgan fingerprint density at radius 2 is 1.87 bits per heavy atom. The predicted molar refractivity (Wildman–Crippen MR) is 90.4 cm³/mol. The first kappa shape index (κ1) is 15.4. The Balaban J connectivity index is 1.83. The Morgan fingerprint density at radius 1 is 1.09 bits per heavy atom. The van der Waals surface area contributed by atoms with E-state index in [-0.39, 0.29) is 5.91 Å². The summed E-state index contributed by atoms with van der Waals surface area (Å²) in [6.45, 7) is 0.753. The van der Waals surface area contributed by atoms with Gasteiger partial charge in [0.2, 0.25) is 5.91 Å². The fraction of sp³-hybridized carbons (Fsp3) is 0.316. The second kappa shape index (κ2) is 6.73. The van der Waals surface area contributed by atoms with Crippen LogP contribution in [0.4, 0.5) is 5.69 Å². The summed E-state index contributed by atoms with van der Waals surface area (Å²) in [5, 5.41) is 0. The van der Waals surface area contributed by atoms with Gasteiger partial charge in [-0.1, -0.05) is 18.2 Å². The summed E-state index contributed by atoms with van der Waals surface area (Å²) in [5.74, 6) is 1.66. The van der Waals surface area contributed by atoms with Crippen molar-refractivity contribution in [1.29, 1.82) is 0 Å². The van der Waals surface area contributed by atoms with Gasteiger partial charge in [0, 0.05) is 12.6 Å². The zero-order valence-electron chi connectivity index (χ0n) is 13.5. The fourth-order valence-corrected chi connectivity index (χ4v) is 2.99. The van der Waals surface area contributed by atoms with Crippen LogP contribution in [0.1, 0.15) is 17.5 Å². The molecule has 23 heavy (non-hydrogen) atoms. The normalized spacial score (nSPS) is 13.4. The molecule has 1 amide bonds. The minimum Gasteiger partial charge on any atom is -0.497 e. The Bertz CT molecular complexity index is 712. The maximum atomic E-state index is 12.8. The van der Waals surface area contributed by atoms with Crippen LogP contribution >= 0.6 is 0 Å². The molecule has 0 saturated heterocycles. The maximum absolute atomic E-state index is 12.8. The number of carbonyl (C=O) groups excluding carboxylic acids is 1. The molecule has 0 unspecified atom stereocenters. The van der Waals surface area contributed by atoms with Crippen molar-refractivity contribution in [2.45, 2.75) is 19.3 Å². The molecular weight excluding hydrogens is 290 g/mol. The van der Waals surface area contributed by atoms with Crippen molar-refractivity contribution in [2.24, 2.45) is 0 Å². The highest BCUT2D eigenvalue weighted by Gasteiger charge is 2.23. The summed E-state index contributed by atoms with van der Waals surface area (Å²) in [6, 6.07) is 13.6. The summed E-state index contributed by atoms with van der Waals surface area (Å²) in [6.07, 6.45) is 2.36. The quantitative estimate of drug-likeness (QED) is 0.870. The number of anilines is 1. The van der Waals surface area contributed by atoms with E-state index < -0.39 is 0 Å². The lowest BCUT2D eigenvalue weighted by Crippen LogP contribution is -2.36. The lowest BCUT2D eigenvalue weighted by atomic mass is 10.0. The molecule has 4 nitrogen and oxygen atoms in total. The second-order valence-corrected chi connectivity index (χ2v) is 5.67. The number of ether oxygens (including phenoxy) is 2. The molecule has 0 atom stereocenters. The van der Waals surface area contributed by atoms with Crippen LogP contribution in [0, 0.1) is 0 Å². The molecule has 2 aromatic rings. The number of fused-ring (bicyclic) bond motifs is 1. The maximum Gasteiger partial charge on any atom is 0.231 e. The molecule has 0 saturated carbocycles. The van der Waals surface area contributed by atoms with E-state index in [1.54, 1.807) is 14.2 Å². The zero-order valence-corrected chi connectivity index (χ0v) is 13.5. The molecule has 1 aliphatic rings. The van der Waals surface area contributed by atoms with E-state index in [2.05, 4.69) is 6.07 Å². The second-order valence-electron chi connectivity index (χ2n) is 5.67. The average molecular weight is 311 g/mol. The van der Waals surface area contributed by atoms with Crippen LogP contribution in [0.25, 0.3) is 0 Å². The summed E-state index contributed by atoms with van der Waals surface area (Å²) in [7, 11) is 3.28. The molecular formula is C19H21NO3. The highest BCUT2D eigenvalue weighted by Crippen LogP contribution is 2.31. The van der Waals surface area contributed by atoms with Gasteiger partial charge in [-0.25, -0.2) is 0 Å². The van der Waals surface area contributed by atoms with Gasteiger partial charge < -0.3 is 14.4 Å². The highest BCUT2D eigenvalue weighted by molar-refractivity contribution is 5.96. The summed E-state index contributed by atoms with van der Waals surface area (Å²) in [5.41, 5.74) is 3.14. The van der Waals surface area contributed by atoms with Crippen LogP contribution < -0.4 is 14.4 Å². The molecule has 1 aliphatic heterocycles. The van der Waals surface area contributed by atoms with E-state index >= 15 is 0 Å². The van der Waals surface area contributed by atoms with Crippen molar-refractivity contribution in [3.63, 3.8) is 0 Å². The summed E-state index contributed by atoms with van der Waals surface area (Å²) >= 11 is 0. The van der Waals surface area contributed by atoms with Crippen LogP contribution in [0.15, 0.2) is 42.5 Å². The number of hydrogen-bond acceptors (Lipinski definition) is 3. The molecule has 0 fully saturated rings. The van der Waals surface area contributed by atoms with Crippen molar-refractivity contribution >= 4 is 11.6 Å². The number of aryl methyl sites for hydroxylation is 1. The topological polar surface area (TPSA) is 38.8 Å². The smallest absolute Gasteiger partial charge is 0.231 e. The predicted octanol–water partition coefficient (Wildman–Crippen LogP) is 3.23. The van der Waals surface area contributed by atoms with E-state index in [0.717, 1.165) is 42.1 Å². The Labute approximate surface area is 136 Å². The van der Waals surface area contributed by atoms with Gasteiger partial charge in [-0.3, -0.25) is 4.79 Å². The number of hydrogen-bond donors (Lipinski definition) is 0. The minimum absolute atomic E-state index is 0.104. The molecule has 120 valence electrons. The van der Waals surface area contributed by atoms with Gasteiger partial charge in [-0.05, 0) is 42.2 Å². The van der Waals surface area contributed by atoms with Crippen molar-refractivity contribution in [2.75, 3.05) is 25.7 Å². The number of methoxy groups -OCH3 is 2. The number of carbonyl (C=O) groups is 1. The largest absolute Gasteiger partial charge is 0.497 e. The number of benzene rings is 2. The van der Waals surface area contributed by atoms with E-state index in [9.17, 15) is 4.79 Å². The van der Waals surface area contributed by atoms with Crippen molar-refractivity contribution in [3.05, 3.63) is 53.6 Å². The first-order chi connectivity index (χ1) is 11.2. The fourth-order valence-electron chi connectivity index (χ4n) is 2.99. The monoisotopic (exact) mass is 311 g/mol. The highest BCUT2D eigenvalue weighted by atomic mass is 16.5. The van der Waals surface area contributed by atoms with Gasteiger partial charge in [0.25, 0.3) is 0 Å². The van der Waals surface area contributed by atoms with Gasteiger partial charge in [0.1, 0.15) is 11.5 Å². The molecule has 0 bridgehead atoms. The SMILES string of the molecule is COc1cccc(CC(=O)N2CCCc3ccc(OC)cc32)c1. The Hall–Kier alpha value is -2.49. The molecule has 0 aliphatic carbocycles. The summed E-state index contributed by atoms with van der Waals surface area (Å²) < 4.78 is 10.5. The third-order valence-corrected chi connectivity index (χ3v) is 4.20. The average Bonchev–Trinajstić information content (AvgIpc) is 2.60. The van der Waals surface area contributed by atoms with Crippen molar-refractivity contribution < 1.29 is 14.3 Å². The molecule has 0 N–H and O–H groups in total. The lowest BCUT2D eigenvalue weighted by molar-refractivity contribution is -0.118. The standard InChI is InChI=1S/C19H21NO3/c1-22-16-7-3-5-14(11-16)12-19(21)20-10-4-6-15-8-9-17(23-2)13-18(15)20/h3,5,7-9,11,13H,4,6,10,12H2,1-2H3. The van der Waals surface area contributed by atoms with Crippen LogP contribution in [0.2, 0.25) is 0 Å². The third kappa shape index (κ3) is 3.31. The van der Waals surface area contributed by atoms with E-state index in [0.29, 0.717) is 6.42 Å². The van der Waals surface area contributed by atoms with Crippen LogP contribution in [0.3, 0.4) is 0 Å². The minimum atomic E-state index is 0.104. The molecule has 1 heterocycles. The Kier molecular flexibility index (Phi) is 4.51. The lowest BCUT2D eigenvalue weighted by Gasteiger charge is -2.30. The van der Waals surface area contributed by atoms with E-state index in [1.807, 2.05) is 41.3 Å². The zero-order chi connectivity index (χ0) is 16.2. The van der Waals surface area contributed by atoms with Gasteiger partial charge in [-0.15, -0.1) is 0 Å². The third-order valence-electron chi connectivity index (χ3n) is 4.20. The molecule has 3 rings (SSSR count). The number of amides is 1. The van der Waals surface area contributed by atoms with Crippen LogP contribution in [-0.2, 0) is 17.6 Å². The van der Waals surface area contributed by atoms with E-state index in [4.69, 9.17) is 9.47 Å².